The van der Waals surface area contributed by atoms with Crippen molar-refractivity contribution in [3.05, 3.63) is 24.3 Å². The van der Waals surface area contributed by atoms with Crippen molar-refractivity contribution in [2.75, 3.05) is 49.6 Å². The van der Waals surface area contributed by atoms with Crippen molar-refractivity contribution in [2.24, 2.45) is 0 Å². The first-order valence-corrected chi connectivity index (χ1v) is 8.58. The van der Waals surface area contributed by atoms with Gasteiger partial charge in [0.2, 0.25) is 0 Å². The number of rotatable bonds is 9. The van der Waals surface area contributed by atoms with Crippen LogP contribution in [0.5, 0.6) is 0 Å². The number of unbranched alkanes of at least 4 members (excludes halogenated alkanes) is 3. The summed E-state index contributed by atoms with van der Waals surface area (Å²) in [5.41, 5.74) is 2.79. The Morgan fingerprint density at radius 2 is 1.71 bits per heavy atom. The highest BCUT2D eigenvalue weighted by Crippen LogP contribution is 2.31. The van der Waals surface area contributed by atoms with Gasteiger partial charge in [0, 0.05) is 26.7 Å². The molecule has 3 nitrogen and oxygen atoms in total. The van der Waals surface area contributed by atoms with Crippen LogP contribution in [0.25, 0.3) is 0 Å². The molecule has 0 saturated heterocycles. The van der Waals surface area contributed by atoms with Crippen molar-refractivity contribution in [3.8, 4) is 0 Å². The lowest BCUT2D eigenvalue weighted by molar-refractivity contribution is 0.578. The van der Waals surface area contributed by atoms with Crippen molar-refractivity contribution in [1.29, 1.82) is 0 Å². The minimum Gasteiger partial charge on any atom is -0.371 e. The molecular weight excluding hydrogens is 258 g/mol. The molecule has 1 aromatic rings. The predicted molar refractivity (Wildman–Crippen MR) is 93.6 cm³/mol. The van der Waals surface area contributed by atoms with Gasteiger partial charge < -0.3 is 15.1 Å². The zero-order chi connectivity index (χ0) is 14.9. The summed E-state index contributed by atoms with van der Waals surface area (Å²) in [6.45, 7) is 8.07. The molecule has 1 aromatic carbocycles. The summed E-state index contributed by atoms with van der Waals surface area (Å²) >= 11 is 0. The van der Waals surface area contributed by atoms with Crippen LogP contribution >= 0.6 is 0 Å². The van der Waals surface area contributed by atoms with Crippen molar-refractivity contribution in [3.63, 3.8) is 0 Å². The van der Waals surface area contributed by atoms with E-state index >= 15 is 0 Å². The van der Waals surface area contributed by atoms with Gasteiger partial charge in [0.05, 0.1) is 11.4 Å². The van der Waals surface area contributed by atoms with E-state index in [1.54, 1.807) is 0 Å². The van der Waals surface area contributed by atoms with Crippen LogP contribution in [0.1, 0.15) is 39.0 Å². The number of nitrogens with one attached hydrogen (secondary N) is 1. The first-order valence-electron chi connectivity index (χ1n) is 8.58. The van der Waals surface area contributed by atoms with E-state index in [0.717, 1.165) is 19.6 Å². The summed E-state index contributed by atoms with van der Waals surface area (Å²) in [4.78, 5) is 4.93. The minimum atomic E-state index is 1.14. The van der Waals surface area contributed by atoms with Crippen LogP contribution in [0, 0.1) is 0 Å². The third kappa shape index (κ3) is 4.92. The van der Waals surface area contributed by atoms with Crippen LogP contribution in [0.4, 0.5) is 11.4 Å². The molecule has 0 atom stereocenters. The van der Waals surface area contributed by atoms with Gasteiger partial charge in [-0.25, -0.2) is 0 Å². The number of anilines is 2. The number of nitrogens with zero attached hydrogens (tertiary/aromatic N) is 2. The molecule has 0 bridgehead atoms. The Bertz CT molecular complexity index is 405. The van der Waals surface area contributed by atoms with E-state index in [4.69, 9.17) is 0 Å². The molecule has 0 saturated carbocycles. The smallest absolute Gasteiger partial charge is 0.0604 e. The number of fused-ring (bicyclic) bond motifs is 1. The topological polar surface area (TPSA) is 18.5 Å². The SMILES string of the molecule is CCCNCCCCCCN1CCN(C)c2ccccc21. The molecule has 1 aliphatic heterocycles. The summed E-state index contributed by atoms with van der Waals surface area (Å²) in [5, 5.41) is 3.48. The van der Waals surface area contributed by atoms with Gasteiger partial charge >= 0.3 is 0 Å². The lowest BCUT2D eigenvalue weighted by Crippen LogP contribution is -2.39. The van der Waals surface area contributed by atoms with Gasteiger partial charge in [0.1, 0.15) is 0 Å². The van der Waals surface area contributed by atoms with Crippen LogP contribution in [0.15, 0.2) is 24.3 Å². The molecule has 1 heterocycles. The summed E-state index contributed by atoms with van der Waals surface area (Å²) in [6.07, 6.45) is 6.57. The molecule has 21 heavy (non-hydrogen) atoms. The van der Waals surface area contributed by atoms with Gasteiger partial charge in [0.25, 0.3) is 0 Å². The molecule has 0 radical (unpaired) electrons. The van der Waals surface area contributed by atoms with Crippen LogP contribution in [-0.2, 0) is 0 Å². The largest absolute Gasteiger partial charge is 0.371 e. The Hall–Kier alpha value is -1.22. The van der Waals surface area contributed by atoms with E-state index in [2.05, 4.69) is 53.4 Å². The maximum Gasteiger partial charge on any atom is 0.0604 e. The normalized spacial score (nSPS) is 14.4. The number of hydrogen-bond donors (Lipinski definition) is 1. The molecule has 1 N–H and O–H groups in total. The molecule has 0 fully saturated rings. The molecule has 0 unspecified atom stereocenters. The molecule has 1 aliphatic rings. The Morgan fingerprint density at radius 1 is 0.952 bits per heavy atom. The maximum absolute atomic E-state index is 3.48. The van der Waals surface area contributed by atoms with Crippen molar-refractivity contribution >= 4 is 11.4 Å². The van der Waals surface area contributed by atoms with Crippen LogP contribution in [0.3, 0.4) is 0 Å². The van der Waals surface area contributed by atoms with Gasteiger partial charge in [-0.15, -0.1) is 0 Å². The van der Waals surface area contributed by atoms with Crippen LogP contribution < -0.4 is 15.1 Å². The van der Waals surface area contributed by atoms with Crippen molar-refractivity contribution in [2.45, 2.75) is 39.0 Å². The van der Waals surface area contributed by atoms with Gasteiger partial charge in [0.15, 0.2) is 0 Å². The average Bonchev–Trinajstić information content (AvgIpc) is 2.52. The molecule has 0 amide bonds. The number of hydrogen-bond acceptors (Lipinski definition) is 3. The zero-order valence-corrected chi connectivity index (χ0v) is 13.8. The predicted octanol–water partition coefficient (Wildman–Crippen LogP) is 3.50. The summed E-state index contributed by atoms with van der Waals surface area (Å²) in [7, 11) is 2.19. The van der Waals surface area contributed by atoms with Gasteiger partial charge in [-0.3, -0.25) is 0 Å². The van der Waals surface area contributed by atoms with E-state index in [1.807, 2.05) is 0 Å². The molecule has 0 spiro atoms. The van der Waals surface area contributed by atoms with Crippen LogP contribution in [0.2, 0.25) is 0 Å². The highest BCUT2D eigenvalue weighted by atomic mass is 15.2. The molecule has 3 heteroatoms. The van der Waals surface area contributed by atoms with Gasteiger partial charge in [-0.1, -0.05) is 31.9 Å². The van der Waals surface area contributed by atoms with Crippen molar-refractivity contribution in [1.82, 2.24) is 5.32 Å². The first kappa shape index (κ1) is 16.2. The molecule has 0 aromatic heterocycles. The standard InChI is InChI=1S/C18H31N3/c1-3-12-19-13-8-4-5-9-14-21-16-15-20(2)17-10-6-7-11-18(17)21/h6-7,10-11,19H,3-5,8-9,12-16H2,1-2H3. The zero-order valence-electron chi connectivity index (χ0n) is 13.8. The van der Waals surface area contributed by atoms with E-state index in [1.165, 1.54) is 56.6 Å². The number of likely N-dealkylation sites (N-methyl/N-ethyl adjacent to an activating group) is 1. The quantitative estimate of drug-likeness (QED) is 0.702. The Morgan fingerprint density at radius 3 is 2.52 bits per heavy atom. The monoisotopic (exact) mass is 289 g/mol. The third-order valence-corrected chi connectivity index (χ3v) is 4.30. The fourth-order valence-electron chi connectivity index (χ4n) is 3.01. The Balaban J connectivity index is 1.66. The maximum atomic E-state index is 3.48. The fourth-order valence-corrected chi connectivity index (χ4v) is 3.01. The lowest BCUT2D eigenvalue weighted by Gasteiger charge is -2.37. The second-order valence-electron chi connectivity index (χ2n) is 6.06. The molecular formula is C18H31N3. The first-order chi connectivity index (χ1) is 10.3. The Labute approximate surface area is 130 Å². The highest BCUT2D eigenvalue weighted by Gasteiger charge is 2.18. The van der Waals surface area contributed by atoms with Gasteiger partial charge in [-0.05, 0) is 44.5 Å². The molecule has 118 valence electrons. The summed E-state index contributed by atoms with van der Waals surface area (Å²) in [5.74, 6) is 0. The highest BCUT2D eigenvalue weighted by molar-refractivity contribution is 5.72. The van der Waals surface area contributed by atoms with Crippen molar-refractivity contribution < 1.29 is 0 Å². The van der Waals surface area contributed by atoms with E-state index < -0.39 is 0 Å². The second-order valence-corrected chi connectivity index (χ2v) is 6.06. The molecule has 0 aliphatic carbocycles. The van der Waals surface area contributed by atoms with E-state index in [9.17, 15) is 0 Å². The lowest BCUT2D eigenvalue weighted by atomic mass is 10.1. The van der Waals surface area contributed by atoms with E-state index in [0.29, 0.717) is 0 Å². The number of para-hydroxylation sites is 2. The number of benzene rings is 1. The fraction of sp³-hybridized carbons (Fsp3) is 0.667. The van der Waals surface area contributed by atoms with Crippen LogP contribution in [-0.4, -0.2) is 39.8 Å². The van der Waals surface area contributed by atoms with E-state index in [-0.39, 0.29) is 0 Å². The third-order valence-electron chi connectivity index (χ3n) is 4.30. The second kappa shape index (κ2) is 8.93. The Kier molecular flexibility index (Phi) is 6.87. The van der Waals surface area contributed by atoms with Gasteiger partial charge in [-0.2, -0.15) is 0 Å². The molecule has 2 rings (SSSR count). The average molecular weight is 289 g/mol. The summed E-state index contributed by atoms with van der Waals surface area (Å²) < 4.78 is 0. The minimum absolute atomic E-state index is 1.14. The summed E-state index contributed by atoms with van der Waals surface area (Å²) in [6, 6.07) is 8.80.